The fraction of sp³-hybridized carbons (Fsp3) is 0.100. The van der Waals surface area contributed by atoms with E-state index >= 15 is 0 Å². The Morgan fingerprint density at radius 2 is 1.83 bits per heavy atom. The molecule has 0 atom stereocenters. The molecule has 0 N–H and O–H groups in total. The summed E-state index contributed by atoms with van der Waals surface area (Å²) in [5.74, 6) is 1.95. The van der Waals surface area contributed by atoms with Gasteiger partial charge < -0.3 is 9.15 Å². The minimum Gasteiger partial charge on any atom is -0.483 e. The molecule has 0 bridgehead atoms. The molecule has 0 fully saturated rings. The number of hydrogen-bond donors (Lipinski definition) is 0. The van der Waals surface area contributed by atoms with Gasteiger partial charge in [-0.25, -0.2) is 4.98 Å². The van der Waals surface area contributed by atoms with Crippen LogP contribution in [0.3, 0.4) is 0 Å². The van der Waals surface area contributed by atoms with Crippen molar-refractivity contribution in [3.05, 3.63) is 77.9 Å². The number of nitrogens with zero attached hydrogens (tertiary/aromatic N) is 1. The molecule has 3 aromatic rings. The first-order valence-corrected chi connectivity index (χ1v) is 7.63. The average molecular weight is 319 g/mol. The van der Waals surface area contributed by atoms with Crippen LogP contribution in [0.2, 0.25) is 0 Å². The summed E-state index contributed by atoms with van der Waals surface area (Å²) in [5, 5.41) is 0. The predicted octanol–water partition coefficient (Wildman–Crippen LogP) is 4.44. The second kappa shape index (κ2) is 7.42. The average Bonchev–Trinajstić information content (AvgIpc) is 3.00. The van der Waals surface area contributed by atoms with E-state index in [9.17, 15) is 4.79 Å². The third-order valence-electron chi connectivity index (χ3n) is 3.51. The largest absolute Gasteiger partial charge is 0.483 e. The lowest BCUT2D eigenvalue weighted by Crippen LogP contribution is -1.97. The lowest BCUT2D eigenvalue weighted by atomic mass is 10.1. The Labute approximate surface area is 140 Å². The Morgan fingerprint density at radius 1 is 1.08 bits per heavy atom. The Kier molecular flexibility index (Phi) is 4.87. The molecule has 0 saturated carbocycles. The highest BCUT2D eigenvalue weighted by atomic mass is 16.5. The molecule has 0 aliphatic carbocycles. The number of carbonyl (C=O) groups is 1. The van der Waals surface area contributed by atoms with Crippen molar-refractivity contribution in [3.63, 3.8) is 0 Å². The fourth-order valence-electron chi connectivity index (χ4n) is 2.41. The van der Waals surface area contributed by atoms with E-state index in [2.05, 4.69) is 4.98 Å². The number of aromatic nitrogens is 1. The van der Waals surface area contributed by atoms with Crippen molar-refractivity contribution in [3.8, 4) is 17.0 Å². The van der Waals surface area contributed by atoms with Crippen LogP contribution < -0.4 is 4.74 Å². The SMILES string of the molecule is Cc1oc(COc2ccccc2/C=C/C=O)nc1-c1ccccc1. The number of oxazole rings is 1. The van der Waals surface area contributed by atoms with Gasteiger partial charge in [-0.2, -0.15) is 0 Å². The third-order valence-corrected chi connectivity index (χ3v) is 3.51. The summed E-state index contributed by atoms with van der Waals surface area (Å²) in [5.41, 5.74) is 2.67. The molecule has 0 saturated heterocycles. The van der Waals surface area contributed by atoms with Gasteiger partial charge in [0.2, 0.25) is 5.89 Å². The smallest absolute Gasteiger partial charge is 0.233 e. The number of hydrogen-bond acceptors (Lipinski definition) is 4. The molecule has 4 nitrogen and oxygen atoms in total. The zero-order valence-corrected chi connectivity index (χ0v) is 13.3. The number of ether oxygens (including phenoxy) is 1. The van der Waals surface area contributed by atoms with Gasteiger partial charge in [-0.15, -0.1) is 0 Å². The van der Waals surface area contributed by atoms with Crippen LogP contribution in [0.15, 0.2) is 65.1 Å². The maximum absolute atomic E-state index is 10.5. The highest BCUT2D eigenvalue weighted by Gasteiger charge is 2.12. The molecule has 0 amide bonds. The Hall–Kier alpha value is -3.14. The van der Waals surface area contributed by atoms with Crippen LogP contribution in [0.5, 0.6) is 5.75 Å². The Bertz CT molecular complexity index is 850. The molecular formula is C20H17NO3. The van der Waals surface area contributed by atoms with Crippen LogP contribution in [0.1, 0.15) is 17.2 Å². The topological polar surface area (TPSA) is 52.3 Å². The van der Waals surface area contributed by atoms with Gasteiger partial charge in [0, 0.05) is 11.1 Å². The van der Waals surface area contributed by atoms with Crippen molar-refractivity contribution in [2.75, 3.05) is 0 Å². The number of carbonyl (C=O) groups excluding carboxylic acids is 1. The van der Waals surface area contributed by atoms with E-state index in [1.54, 1.807) is 6.08 Å². The Morgan fingerprint density at radius 3 is 2.62 bits per heavy atom. The van der Waals surface area contributed by atoms with Crippen LogP contribution in [0.4, 0.5) is 0 Å². The molecule has 24 heavy (non-hydrogen) atoms. The second-order valence-electron chi connectivity index (χ2n) is 5.20. The summed E-state index contributed by atoms with van der Waals surface area (Å²) in [6, 6.07) is 17.4. The maximum atomic E-state index is 10.5. The van der Waals surface area contributed by atoms with Crippen molar-refractivity contribution in [1.29, 1.82) is 0 Å². The second-order valence-corrected chi connectivity index (χ2v) is 5.20. The minimum atomic E-state index is 0.222. The highest BCUT2D eigenvalue weighted by molar-refractivity contribution is 5.75. The van der Waals surface area contributed by atoms with Gasteiger partial charge in [0.15, 0.2) is 6.61 Å². The molecule has 0 spiro atoms. The number of para-hydroxylation sites is 1. The highest BCUT2D eigenvalue weighted by Crippen LogP contribution is 2.25. The van der Waals surface area contributed by atoms with E-state index in [1.165, 1.54) is 6.08 Å². The van der Waals surface area contributed by atoms with Gasteiger partial charge >= 0.3 is 0 Å². The quantitative estimate of drug-likeness (QED) is 0.498. The lowest BCUT2D eigenvalue weighted by molar-refractivity contribution is -0.104. The van der Waals surface area contributed by atoms with Gasteiger partial charge in [-0.1, -0.05) is 48.5 Å². The van der Waals surface area contributed by atoms with E-state index in [0.29, 0.717) is 11.6 Å². The van der Waals surface area contributed by atoms with Gasteiger partial charge in [0.05, 0.1) is 0 Å². The summed E-state index contributed by atoms with van der Waals surface area (Å²) in [6.45, 7) is 2.11. The van der Waals surface area contributed by atoms with E-state index in [0.717, 1.165) is 28.9 Å². The zero-order valence-electron chi connectivity index (χ0n) is 13.3. The van der Waals surface area contributed by atoms with Crippen LogP contribution >= 0.6 is 0 Å². The first-order chi connectivity index (χ1) is 11.8. The zero-order chi connectivity index (χ0) is 16.8. The summed E-state index contributed by atoms with van der Waals surface area (Å²) < 4.78 is 11.5. The molecule has 0 unspecified atom stereocenters. The molecule has 3 rings (SSSR count). The first-order valence-electron chi connectivity index (χ1n) is 7.63. The maximum Gasteiger partial charge on any atom is 0.233 e. The van der Waals surface area contributed by atoms with Crippen molar-refractivity contribution in [1.82, 2.24) is 4.98 Å². The van der Waals surface area contributed by atoms with Crippen molar-refractivity contribution in [2.24, 2.45) is 0 Å². The molecule has 1 heterocycles. The van der Waals surface area contributed by atoms with Gasteiger partial charge in [0.25, 0.3) is 0 Å². The molecule has 0 aliphatic heterocycles. The molecule has 0 radical (unpaired) electrons. The van der Waals surface area contributed by atoms with Crippen LogP contribution in [-0.2, 0) is 11.4 Å². The predicted molar refractivity (Wildman–Crippen MR) is 92.5 cm³/mol. The molecule has 2 aromatic carbocycles. The van der Waals surface area contributed by atoms with Crippen LogP contribution in [-0.4, -0.2) is 11.3 Å². The molecular weight excluding hydrogens is 302 g/mol. The first kappa shape index (κ1) is 15.7. The summed E-state index contributed by atoms with van der Waals surface area (Å²) >= 11 is 0. The Balaban J connectivity index is 1.77. The van der Waals surface area contributed by atoms with Crippen molar-refractivity contribution < 1.29 is 13.9 Å². The van der Waals surface area contributed by atoms with Crippen molar-refractivity contribution >= 4 is 12.4 Å². The molecule has 120 valence electrons. The third kappa shape index (κ3) is 3.60. The molecule has 0 aliphatic rings. The summed E-state index contributed by atoms with van der Waals surface area (Å²) in [7, 11) is 0. The van der Waals surface area contributed by atoms with Gasteiger partial charge in [0.1, 0.15) is 23.5 Å². The monoisotopic (exact) mass is 319 g/mol. The fourth-order valence-corrected chi connectivity index (χ4v) is 2.41. The lowest BCUT2D eigenvalue weighted by Gasteiger charge is -2.06. The van der Waals surface area contributed by atoms with E-state index < -0.39 is 0 Å². The van der Waals surface area contributed by atoms with Crippen LogP contribution in [0.25, 0.3) is 17.3 Å². The van der Waals surface area contributed by atoms with Crippen molar-refractivity contribution in [2.45, 2.75) is 13.5 Å². The number of aryl methyl sites for hydroxylation is 1. The minimum absolute atomic E-state index is 0.222. The number of rotatable bonds is 6. The number of allylic oxidation sites excluding steroid dienone is 1. The standard InChI is InChI=1S/C20H17NO3/c1-15-20(17-9-3-2-4-10-17)21-19(24-15)14-23-18-12-6-5-8-16(18)11-7-13-22/h2-13H,14H2,1H3/b11-7+. The summed E-state index contributed by atoms with van der Waals surface area (Å²) in [4.78, 5) is 15.0. The number of benzene rings is 2. The molecule has 4 heteroatoms. The van der Waals surface area contributed by atoms with Gasteiger partial charge in [-0.05, 0) is 25.1 Å². The summed E-state index contributed by atoms with van der Waals surface area (Å²) in [6.07, 6.45) is 3.88. The molecule has 1 aromatic heterocycles. The number of aldehydes is 1. The van der Waals surface area contributed by atoms with E-state index in [-0.39, 0.29) is 6.61 Å². The van der Waals surface area contributed by atoms with E-state index in [1.807, 2.05) is 61.5 Å². The van der Waals surface area contributed by atoms with Crippen LogP contribution in [0, 0.1) is 6.92 Å². The van der Waals surface area contributed by atoms with E-state index in [4.69, 9.17) is 9.15 Å². The van der Waals surface area contributed by atoms with Gasteiger partial charge in [-0.3, -0.25) is 4.79 Å². The normalized spacial score (nSPS) is 10.9.